The number of benzene rings is 2. The number of carbonyl (C=O) groups is 1. The van der Waals surface area contributed by atoms with Crippen molar-refractivity contribution >= 4 is 56.4 Å². The van der Waals surface area contributed by atoms with Gasteiger partial charge in [-0.3, -0.25) is 4.79 Å². The number of halogens is 3. The van der Waals surface area contributed by atoms with E-state index in [1.165, 1.54) is 6.07 Å². The number of amides is 1. The van der Waals surface area contributed by atoms with Crippen LogP contribution in [0.25, 0.3) is 0 Å². The molecule has 2 aromatic carbocycles. The van der Waals surface area contributed by atoms with E-state index in [4.69, 9.17) is 39.5 Å². The Morgan fingerprint density at radius 1 is 1.11 bits per heavy atom. The van der Waals surface area contributed by atoms with Crippen molar-refractivity contribution in [3.63, 3.8) is 0 Å². The molecule has 6 nitrogen and oxygen atoms in total. The van der Waals surface area contributed by atoms with Gasteiger partial charge in [0.15, 0.2) is 0 Å². The Balaban J connectivity index is 1.82. The molecule has 2 aromatic rings. The van der Waals surface area contributed by atoms with Crippen LogP contribution in [0.4, 0.5) is 5.69 Å². The zero-order valence-corrected chi connectivity index (χ0v) is 17.6. The first kappa shape index (κ1) is 21.4. The van der Waals surface area contributed by atoms with Crippen LogP contribution < -0.4 is 10.0 Å². The number of carbonyl (C=O) groups excluding carboxylic acids is 1. The fourth-order valence-electron chi connectivity index (χ4n) is 2.73. The monoisotopic (exact) mass is 462 g/mol. The largest absolute Gasteiger partial charge is 0.377 e. The molecule has 1 aliphatic heterocycles. The number of anilines is 1. The fourth-order valence-corrected chi connectivity index (χ4v) is 4.78. The van der Waals surface area contributed by atoms with E-state index >= 15 is 0 Å². The molecule has 1 saturated heterocycles. The Morgan fingerprint density at radius 2 is 1.82 bits per heavy atom. The predicted octanol–water partition coefficient (Wildman–Crippen LogP) is 4.36. The van der Waals surface area contributed by atoms with Crippen LogP contribution in [0, 0.1) is 0 Å². The molecule has 0 aliphatic carbocycles. The summed E-state index contributed by atoms with van der Waals surface area (Å²) in [6.07, 6.45) is 1.50. The summed E-state index contributed by atoms with van der Waals surface area (Å²) in [7, 11) is -3.95. The highest BCUT2D eigenvalue weighted by molar-refractivity contribution is 7.89. The fraction of sp³-hybridized carbons (Fsp3) is 0.278. The van der Waals surface area contributed by atoms with E-state index in [-0.39, 0.29) is 33.2 Å². The number of nitrogens with one attached hydrogen (secondary N) is 2. The van der Waals surface area contributed by atoms with Crippen molar-refractivity contribution in [3.8, 4) is 0 Å². The molecule has 1 heterocycles. The zero-order chi connectivity index (χ0) is 20.3. The SMILES string of the molecule is O=C(Nc1ccc(Cl)cc1)c1cc(S(=O)(=O)NCC2CCCO2)c(Cl)cc1Cl. The zero-order valence-electron chi connectivity index (χ0n) is 14.5. The first-order chi connectivity index (χ1) is 13.3. The number of hydrogen-bond acceptors (Lipinski definition) is 4. The molecule has 0 radical (unpaired) electrons. The summed E-state index contributed by atoms with van der Waals surface area (Å²) in [6.45, 7) is 0.747. The van der Waals surface area contributed by atoms with Gasteiger partial charge < -0.3 is 10.1 Å². The van der Waals surface area contributed by atoms with E-state index in [1.54, 1.807) is 24.3 Å². The van der Waals surface area contributed by atoms with E-state index in [9.17, 15) is 13.2 Å². The number of sulfonamides is 1. The highest BCUT2D eigenvalue weighted by Gasteiger charge is 2.25. The lowest BCUT2D eigenvalue weighted by Gasteiger charge is -2.14. The smallest absolute Gasteiger partial charge is 0.257 e. The summed E-state index contributed by atoms with van der Waals surface area (Å²) in [6, 6.07) is 8.86. The van der Waals surface area contributed by atoms with Crippen LogP contribution >= 0.6 is 34.8 Å². The van der Waals surface area contributed by atoms with Gasteiger partial charge >= 0.3 is 0 Å². The number of ether oxygens (including phenoxy) is 1. The van der Waals surface area contributed by atoms with Gasteiger partial charge in [0.05, 0.1) is 21.7 Å². The quantitative estimate of drug-likeness (QED) is 0.667. The van der Waals surface area contributed by atoms with Crippen molar-refractivity contribution in [2.24, 2.45) is 0 Å². The van der Waals surface area contributed by atoms with Gasteiger partial charge in [-0.25, -0.2) is 13.1 Å². The topological polar surface area (TPSA) is 84.5 Å². The number of hydrogen-bond donors (Lipinski definition) is 2. The van der Waals surface area contributed by atoms with Crippen molar-refractivity contribution in [2.75, 3.05) is 18.5 Å². The first-order valence-electron chi connectivity index (χ1n) is 8.43. The van der Waals surface area contributed by atoms with E-state index < -0.39 is 15.9 Å². The van der Waals surface area contributed by atoms with Gasteiger partial charge in [-0.15, -0.1) is 0 Å². The van der Waals surface area contributed by atoms with Gasteiger partial charge in [0, 0.05) is 23.9 Å². The third kappa shape index (κ3) is 5.17. The predicted molar refractivity (Wildman–Crippen MR) is 110 cm³/mol. The van der Waals surface area contributed by atoms with Crippen LogP contribution in [0.2, 0.25) is 15.1 Å². The van der Waals surface area contributed by atoms with E-state index in [0.29, 0.717) is 17.3 Å². The molecule has 10 heteroatoms. The third-order valence-electron chi connectivity index (χ3n) is 4.18. The van der Waals surface area contributed by atoms with Gasteiger partial charge in [0.2, 0.25) is 10.0 Å². The minimum atomic E-state index is -3.95. The Bertz CT molecular complexity index is 975. The van der Waals surface area contributed by atoms with Crippen LogP contribution in [0.3, 0.4) is 0 Å². The van der Waals surface area contributed by atoms with Crippen LogP contribution in [-0.2, 0) is 14.8 Å². The summed E-state index contributed by atoms with van der Waals surface area (Å²) in [4.78, 5) is 12.3. The Kier molecular flexibility index (Phi) is 6.85. The molecule has 1 aliphatic rings. The number of rotatable bonds is 6. The Hall–Kier alpha value is -1.35. The molecule has 28 heavy (non-hydrogen) atoms. The molecule has 0 saturated carbocycles. The van der Waals surface area contributed by atoms with Gasteiger partial charge in [-0.1, -0.05) is 34.8 Å². The summed E-state index contributed by atoms with van der Waals surface area (Å²) < 4.78 is 33.2. The lowest BCUT2D eigenvalue weighted by molar-refractivity contribution is 0.102. The van der Waals surface area contributed by atoms with Crippen molar-refractivity contribution in [1.82, 2.24) is 4.72 Å². The van der Waals surface area contributed by atoms with Crippen molar-refractivity contribution in [1.29, 1.82) is 0 Å². The van der Waals surface area contributed by atoms with Crippen molar-refractivity contribution in [3.05, 3.63) is 57.0 Å². The van der Waals surface area contributed by atoms with E-state index in [2.05, 4.69) is 10.0 Å². The van der Waals surface area contributed by atoms with E-state index in [0.717, 1.165) is 18.9 Å². The highest BCUT2D eigenvalue weighted by Crippen LogP contribution is 2.29. The molecule has 0 spiro atoms. The van der Waals surface area contributed by atoms with Gasteiger partial charge in [0.1, 0.15) is 4.90 Å². The van der Waals surface area contributed by atoms with E-state index in [1.807, 2.05) is 0 Å². The van der Waals surface area contributed by atoms with Crippen molar-refractivity contribution in [2.45, 2.75) is 23.8 Å². The van der Waals surface area contributed by atoms with Crippen LogP contribution in [0.5, 0.6) is 0 Å². The highest BCUT2D eigenvalue weighted by atomic mass is 35.5. The molecule has 3 rings (SSSR count). The second-order valence-electron chi connectivity index (χ2n) is 6.21. The molecule has 1 amide bonds. The maximum atomic E-state index is 12.7. The summed E-state index contributed by atoms with van der Waals surface area (Å²) in [5.41, 5.74) is 0.472. The molecule has 1 fully saturated rings. The summed E-state index contributed by atoms with van der Waals surface area (Å²) in [5.74, 6) is -0.570. The minimum absolute atomic E-state index is 0.0153. The maximum absolute atomic E-state index is 12.7. The summed E-state index contributed by atoms with van der Waals surface area (Å²) >= 11 is 18.0. The molecule has 2 N–H and O–H groups in total. The molecular formula is C18H17Cl3N2O4S. The molecule has 0 aromatic heterocycles. The lowest BCUT2D eigenvalue weighted by Crippen LogP contribution is -2.32. The second-order valence-corrected chi connectivity index (χ2v) is 9.20. The minimum Gasteiger partial charge on any atom is -0.377 e. The first-order valence-corrected chi connectivity index (χ1v) is 11.1. The van der Waals surface area contributed by atoms with Gasteiger partial charge in [-0.05, 0) is 49.2 Å². The van der Waals surface area contributed by atoms with Crippen LogP contribution in [0.1, 0.15) is 23.2 Å². The second kappa shape index (κ2) is 8.98. The lowest BCUT2D eigenvalue weighted by atomic mass is 10.2. The van der Waals surface area contributed by atoms with Crippen LogP contribution in [0.15, 0.2) is 41.3 Å². The Labute approximate surface area is 178 Å². The van der Waals surface area contributed by atoms with Gasteiger partial charge in [0.25, 0.3) is 5.91 Å². The molecule has 1 unspecified atom stereocenters. The molecule has 150 valence electrons. The average Bonchev–Trinajstić information content (AvgIpc) is 3.15. The summed E-state index contributed by atoms with van der Waals surface area (Å²) in [5, 5.41) is 3.12. The molecule has 1 atom stereocenters. The average molecular weight is 464 g/mol. The van der Waals surface area contributed by atoms with Crippen molar-refractivity contribution < 1.29 is 17.9 Å². The maximum Gasteiger partial charge on any atom is 0.257 e. The molecular weight excluding hydrogens is 447 g/mol. The van der Waals surface area contributed by atoms with Crippen LogP contribution in [-0.4, -0.2) is 33.6 Å². The molecule has 0 bridgehead atoms. The normalized spacial score (nSPS) is 16.9. The van der Waals surface area contributed by atoms with Gasteiger partial charge in [-0.2, -0.15) is 0 Å². The third-order valence-corrected chi connectivity index (χ3v) is 6.64. The Morgan fingerprint density at radius 3 is 2.46 bits per heavy atom. The standard InChI is InChI=1S/C18H17Cl3N2O4S/c19-11-3-5-12(6-4-11)23-18(24)14-8-17(16(21)9-15(14)20)28(25,26)22-10-13-2-1-7-27-13/h3-6,8-9,13,22H,1-2,7,10H2,(H,23,24).